The van der Waals surface area contributed by atoms with E-state index in [2.05, 4.69) is 4.99 Å². The molecule has 4 unspecified atom stereocenters. The molecule has 2 rings (SSSR count). The van der Waals surface area contributed by atoms with Gasteiger partial charge in [-0.15, -0.1) is 6.42 Å². The molecular formula is C11H14FN3O3. The molecular weight excluding hydrogens is 241 g/mol. The number of aliphatic hydroxyl groups is 2. The molecule has 0 aromatic carbocycles. The van der Waals surface area contributed by atoms with Crippen molar-refractivity contribution >= 4 is 5.84 Å². The lowest BCUT2D eigenvalue weighted by molar-refractivity contribution is -0.0993. The molecule has 0 aromatic heterocycles. The lowest BCUT2D eigenvalue weighted by Gasteiger charge is -2.33. The van der Waals surface area contributed by atoms with Crippen LogP contribution in [0.25, 0.3) is 0 Å². The van der Waals surface area contributed by atoms with Crippen molar-refractivity contribution in [2.24, 2.45) is 10.7 Å². The number of ether oxygens (including phenoxy) is 1. The second-order valence-electron chi connectivity index (χ2n) is 4.14. The Bertz CT molecular complexity index is 434. The van der Waals surface area contributed by atoms with Gasteiger partial charge in [-0.1, -0.05) is 5.92 Å². The summed E-state index contributed by atoms with van der Waals surface area (Å²) in [4.78, 5) is 5.35. The normalized spacial score (nSPS) is 39.6. The number of hydrogen-bond donors (Lipinski definition) is 3. The number of nitrogens with zero attached hydrogens (tertiary/aromatic N) is 2. The Morgan fingerprint density at radius 1 is 1.78 bits per heavy atom. The fraction of sp³-hybridized carbons (Fsp3) is 0.545. The van der Waals surface area contributed by atoms with E-state index < -0.39 is 30.7 Å². The van der Waals surface area contributed by atoms with Crippen LogP contribution >= 0.6 is 0 Å². The number of hydrogen-bond acceptors (Lipinski definition) is 6. The van der Waals surface area contributed by atoms with Gasteiger partial charge in [-0.3, -0.25) is 0 Å². The second kappa shape index (κ2) is 4.57. The zero-order valence-corrected chi connectivity index (χ0v) is 9.53. The van der Waals surface area contributed by atoms with Gasteiger partial charge in [0.05, 0.1) is 6.61 Å². The number of rotatable bonds is 2. The van der Waals surface area contributed by atoms with Crippen molar-refractivity contribution in [2.75, 3.05) is 13.3 Å². The van der Waals surface area contributed by atoms with Gasteiger partial charge in [0.25, 0.3) is 0 Å². The van der Waals surface area contributed by atoms with Crippen molar-refractivity contribution < 1.29 is 19.3 Å². The van der Waals surface area contributed by atoms with Crippen molar-refractivity contribution in [3.05, 3.63) is 12.3 Å². The highest BCUT2D eigenvalue weighted by molar-refractivity contribution is 5.91. The van der Waals surface area contributed by atoms with Crippen LogP contribution in [0.1, 0.15) is 0 Å². The zero-order chi connectivity index (χ0) is 13.3. The quantitative estimate of drug-likeness (QED) is 0.525. The molecule has 1 fully saturated rings. The average molecular weight is 255 g/mol. The molecule has 7 heteroatoms. The van der Waals surface area contributed by atoms with Gasteiger partial charge in [0, 0.05) is 6.20 Å². The first-order valence-electron chi connectivity index (χ1n) is 5.37. The Labute approximate surface area is 104 Å². The smallest absolute Gasteiger partial charge is 0.204 e. The van der Waals surface area contributed by atoms with Crippen LogP contribution in [0.4, 0.5) is 4.39 Å². The van der Waals surface area contributed by atoms with E-state index in [-0.39, 0.29) is 6.67 Å². The maximum Gasteiger partial charge on any atom is 0.204 e. The lowest BCUT2D eigenvalue weighted by atomic mass is 9.96. The summed E-state index contributed by atoms with van der Waals surface area (Å²) in [6.07, 6.45) is 4.06. The van der Waals surface area contributed by atoms with E-state index in [9.17, 15) is 9.50 Å². The van der Waals surface area contributed by atoms with E-state index in [1.54, 1.807) is 0 Å². The third-order valence-corrected chi connectivity index (χ3v) is 2.99. The van der Waals surface area contributed by atoms with Crippen LogP contribution in [0.2, 0.25) is 0 Å². The van der Waals surface area contributed by atoms with Crippen LogP contribution in [0.5, 0.6) is 0 Å². The first-order valence-corrected chi connectivity index (χ1v) is 5.37. The van der Waals surface area contributed by atoms with Crippen molar-refractivity contribution in [3.8, 4) is 12.3 Å². The minimum absolute atomic E-state index is 0.0991. The van der Waals surface area contributed by atoms with Gasteiger partial charge in [-0.2, -0.15) is 0 Å². The Kier molecular flexibility index (Phi) is 3.26. The van der Waals surface area contributed by atoms with E-state index >= 15 is 0 Å². The van der Waals surface area contributed by atoms with Crippen LogP contribution in [-0.2, 0) is 4.74 Å². The van der Waals surface area contributed by atoms with Crippen LogP contribution in [-0.4, -0.2) is 58.3 Å². The number of nitrogens with two attached hydrogens (primary N) is 1. The molecule has 1 saturated heterocycles. The number of aliphatic hydroxyl groups excluding tert-OH is 1. The summed E-state index contributed by atoms with van der Waals surface area (Å²) in [6.45, 7) is -0.466. The summed E-state index contributed by atoms with van der Waals surface area (Å²) in [7, 11) is 0. The van der Waals surface area contributed by atoms with Gasteiger partial charge in [-0.25, -0.2) is 9.38 Å². The summed E-state index contributed by atoms with van der Waals surface area (Å²) in [5, 5.41) is 19.1. The summed E-state index contributed by atoms with van der Waals surface area (Å²) in [6, 6.07) is 0. The van der Waals surface area contributed by atoms with Crippen LogP contribution in [0.15, 0.2) is 17.3 Å². The highest BCUT2D eigenvalue weighted by atomic mass is 19.1. The van der Waals surface area contributed by atoms with E-state index in [4.69, 9.17) is 22.0 Å². The molecule has 18 heavy (non-hydrogen) atoms. The van der Waals surface area contributed by atoms with Gasteiger partial charge in [0.2, 0.25) is 5.60 Å². The first-order chi connectivity index (χ1) is 8.52. The lowest BCUT2D eigenvalue weighted by Crippen LogP contribution is -2.52. The third kappa shape index (κ3) is 1.84. The molecule has 2 aliphatic rings. The predicted octanol–water partition coefficient (Wildman–Crippen LogP) is -1.45. The van der Waals surface area contributed by atoms with Gasteiger partial charge in [0.15, 0.2) is 12.4 Å². The van der Waals surface area contributed by atoms with Crippen LogP contribution in [0.3, 0.4) is 0 Å². The van der Waals surface area contributed by atoms with E-state index in [1.165, 1.54) is 17.2 Å². The first kappa shape index (κ1) is 12.8. The molecule has 0 saturated carbocycles. The van der Waals surface area contributed by atoms with Crippen LogP contribution in [0, 0.1) is 12.3 Å². The second-order valence-corrected chi connectivity index (χ2v) is 4.14. The number of amidine groups is 1. The molecule has 0 radical (unpaired) electrons. The maximum atomic E-state index is 13.9. The maximum absolute atomic E-state index is 13.9. The van der Waals surface area contributed by atoms with Crippen molar-refractivity contribution in [1.82, 2.24) is 4.90 Å². The Morgan fingerprint density at radius 3 is 3.00 bits per heavy atom. The molecule has 2 aliphatic heterocycles. The Hall–Kier alpha value is -1.62. The van der Waals surface area contributed by atoms with E-state index in [1.807, 2.05) is 5.92 Å². The number of alkyl halides is 1. The van der Waals surface area contributed by atoms with Gasteiger partial charge in [-0.05, 0) is 6.08 Å². The van der Waals surface area contributed by atoms with Crippen LogP contribution < -0.4 is 5.73 Å². The summed E-state index contributed by atoms with van der Waals surface area (Å²) >= 11 is 0. The van der Waals surface area contributed by atoms with Gasteiger partial charge in [0.1, 0.15) is 18.6 Å². The highest BCUT2D eigenvalue weighted by Crippen LogP contribution is 2.35. The average Bonchev–Trinajstić information content (AvgIpc) is 2.64. The summed E-state index contributed by atoms with van der Waals surface area (Å²) in [5.41, 5.74) is 3.33. The molecule has 6 nitrogen and oxygen atoms in total. The zero-order valence-electron chi connectivity index (χ0n) is 9.53. The molecule has 4 N–H and O–H groups in total. The monoisotopic (exact) mass is 255 g/mol. The fourth-order valence-corrected chi connectivity index (χ4v) is 1.96. The van der Waals surface area contributed by atoms with Crippen molar-refractivity contribution in [3.63, 3.8) is 0 Å². The number of terminal acetylenes is 1. The minimum Gasteiger partial charge on any atom is -0.394 e. The number of aliphatic imine (C=N–C) groups is 1. The number of halogens is 1. The van der Waals surface area contributed by atoms with Gasteiger partial charge >= 0.3 is 0 Å². The van der Waals surface area contributed by atoms with Gasteiger partial charge < -0.3 is 25.6 Å². The molecule has 0 aliphatic carbocycles. The third-order valence-electron chi connectivity index (χ3n) is 2.99. The van der Waals surface area contributed by atoms with Crippen molar-refractivity contribution in [1.29, 1.82) is 0 Å². The molecule has 0 bridgehead atoms. The standard InChI is InChI=1S/C11H14FN3O3/c1-2-11(17)9(12)7(5-16)18-10(11)15-4-3-8(13)14-6-15/h1,3-4,7,9-10,16-17H,5-6H2,(H2,13,14). The Balaban J connectivity index is 2.23. The predicted molar refractivity (Wildman–Crippen MR) is 61.9 cm³/mol. The largest absolute Gasteiger partial charge is 0.394 e. The Morgan fingerprint density at radius 2 is 2.50 bits per heavy atom. The highest BCUT2D eigenvalue weighted by Gasteiger charge is 2.57. The van der Waals surface area contributed by atoms with E-state index in [0.717, 1.165) is 0 Å². The molecule has 0 spiro atoms. The molecule has 0 amide bonds. The topological polar surface area (TPSA) is 91.3 Å². The summed E-state index contributed by atoms with van der Waals surface area (Å²) < 4.78 is 19.2. The molecule has 98 valence electrons. The molecule has 2 heterocycles. The summed E-state index contributed by atoms with van der Waals surface area (Å²) in [5.74, 6) is 2.33. The molecule has 4 atom stereocenters. The van der Waals surface area contributed by atoms with E-state index in [0.29, 0.717) is 5.84 Å². The van der Waals surface area contributed by atoms with Crippen molar-refractivity contribution in [2.45, 2.75) is 24.1 Å². The molecule has 0 aromatic rings. The SMILES string of the molecule is C#CC1(O)C(F)C(CO)OC1N1C=CC(N)=NC1. The minimum atomic E-state index is -2.13. The fourth-order valence-electron chi connectivity index (χ4n) is 1.96.